The van der Waals surface area contributed by atoms with Gasteiger partial charge in [0, 0.05) is 12.1 Å². The first-order chi connectivity index (χ1) is 8.72. The number of fused-ring (bicyclic) bond motifs is 2. The molecule has 0 aliphatic carbocycles. The highest BCUT2D eigenvalue weighted by Crippen LogP contribution is 2.35. The van der Waals surface area contributed by atoms with E-state index in [9.17, 15) is 5.11 Å². The van der Waals surface area contributed by atoms with Gasteiger partial charge in [0.05, 0.1) is 5.60 Å². The van der Waals surface area contributed by atoms with Gasteiger partial charge < -0.3 is 10.4 Å². The molecule has 0 aromatic heterocycles. The van der Waals surface area contributed by atoms with Crippen LogP contribution in [0.5, 0.6) is 0 Å². The maximum atomic E-state index is 10.7. The predicted octanol–water partition coefficient (Wildman–Crippen LogP) is 3.77. The number of hydrogen-bond donors (Lipinski definition) is 2. The minimum Gasteiger partial charge on any atom is -0.390 e. The second-order valence-electron chi connectivity index (χ2n) is 6.64. The van der Waals surface area contributed by atoms with E-state index in [2.05, 4.69) is 12.2 Å². The Morgan fingerprint density at radius 3 is 2.28 bits per heavy atom. The predicted molar refractivity (Wildman–Crippen MR) is 76.7 cm³/mol. The molecule has 2 aliphatic heterocycles. The summed E-state index contributed by atoms with van der Waals surface area (Å²) in [6.07, 6.45) is 14.9. The fourth-order valence-electron chi connectivity index (χ4n) is 3.87. The van der Waals surface area contributed by atoms with Gasteiger partial charge in [-0.05, 0) is 32.1 Å². The van der Waals surface area contributed by atoms with Crippen molar-refractivity contribution < 1.29 is 5.11 Å². The summed E-state index contributed by atoms with van der Waals surface area (Å²) in [6.45, 7) is 2.26. The molecule has 2 aliphatic rings. The lowest BCUT2D eigenvalue weighted by molar-refractivity contribution is -0.0387. The Kier molecular flexibility index (Phi) is 5.50. The molecule has 0 saturated carbocycles. The van der Waals surface area contributed by atoms with Gasteiger partial charge in [-0.2, -0.15) is 0 Å². The van der Waals surface area contributed by atoms with E-state index in [0.717, 1.165) is 19.3 Å². The van der Waals surface area contributed by atoms with Crippen LogP contribution in [0, 0.1) is 0 Å². The molecule has 2 saturated heterocycles. The van der Waals surface area contributed by atoms with Crippen molar-refractivity contribution in [3.05, 3.63) is 0 Å². The zero-order valence-electron chi connectivity index (χ0n) is 12.1. The summed E-state index contributed by atoms with van der Waals surface area (Å²) in [6, 6.07) is 1.20. The van der Waals surface area contributed by atoms with Gasteiger partial charge in [-0.3, -0.25) is 0 Å². The quantitative estimate of drug-likeness (QED) is 0.677. The number of hydrogen-bond acceptors (Lipinski definition) is 2. The third-order valence-corrected chi connectivity index (χ3v) is 4.82. The lowest BCUT2D eigenvalue weighted by atomic mass is 9.75. The molecule has 0 spiro atoms. The SMILES string of the molecule is CCCCCCCCC1(O)CC2CCCC(C1)N2. The van der Waals surface area contributed by atoms with Crippen LogP contribution in [0.3, 0.4) is 0 Å². The van der Waals surface area contributed by atoms with Gasteiger partial charge in [0.25, 0.3) is 0 Å². The molecule has 2 N–H and O–H groups in total. The van der Waals surface area contributed by atoms with Crippen LogP contribution in [0.15, 0.2) is 0 Å². The first-order valence-electron chi connectivity index (χ1n) is 8.20. The average Bonchev–Trinajstić information content (AvgIpc) is 2.33. The minimum absolute atomic E-state index is 0.342. The van der Waals surface area contributed by atoms with Crippen molar-refractivity contribution in [1.29, 1.82) is 0 Å². The maximum Gasteiger partial charge on any atom is 0.0677 e. The van der Waals surface area contributed by atoms with E-state index in [1.165, 1.54) is 57.8 Å². The van der Waals surface area contributed by atoms with E-state index in [0.29, 0.717) is 12.1 Å². The molecule has 0 aromatic rings. The van der Waals surface area contributed by atoms with Crippen LogP contribution in [-0.4, -0.2) is 22.8 Å². The van der Waals surface area contributed by atoms with Crippen molar-refractivity contribution in [3.8, 4) is 0 Å². The molecule has 0 amide bonds. The standard InChI is InChI=1S/C16H31NO/c1-2-3-4-5-6-7-11-16(18)12-14-9-8-10-15(13-16)17-14/h14-15,17-18H,2-13H2,1H3. The first-order valence-corrected chi connectivity index (χ1v) is 8.20. The van der Waals surface area contributed by atoms with Crippen LogP contribution < -0.4 is 5.32 Å². The summed E-state index contributed by atoms with van der Waals surface area (Å²) in [5.74, 6) is 0. The molecule has 2 nitrogen and oxygen atoms in total. The molecular weight excluding hydrogens is 222 g/mol. The number of unbranched alkanes of at least 4 members (excludes halogenated alkanes) is 5. The largest absolute Gasteiger partial charge is 0.390 e. The van der Waals surface area contributed by atoms with Gasteiger partial charge in [-0.15, -0.1) is 0 Å². The lowest BCUT2D eigenvalue weighted by Gasteiger charge is -2.45. The van der Waals surface area contributed by atoms with Crippen molar-refractivity contribution in [2.24, 2.45) is 0 Å². The van der Waals surface area contributed by atoms with Gasteiger partial charge >= 0.3 is 0 Å². The number of rotatable bonds is 7. The molecule has 2 rings (SSSR count). The van der Waals surface area contributed by atoms with Crippen molar-refractivity contribution in [2.75, 3.05) is 0 Å². The summed E-state index contributed by atoms with van der Waals surface area (Å²) >= 11 is 0. The lowest BCUT2D eigenvalue weighted by Crippen LogP contribution is -2.55. The second-order valence-corrected chi connectivity index (χ2v) is 6.64. The highest BCUT2D eigenvalue weighted by molar-refractivity contribution is 4.97. The molecule has 0 radical (unpaired) electrons. The van der Waals surface area contributed by atoms with Gasteiger partial charge in [0.15, 0.2) is 0 Å². The van der Waals surface area contributed by atoms with E-state index in [1.807, 2.05) is 0 Å². The van der Waals surface area contributed by atoms with Crippen molar-refractivity contribution in [3.63, 3.8) is 0 Å². The topological polar surface area (TPSA) is 32.3 Å². The normalized spacial score (nSPS) is 35.7. The van der Waals surface area contributed by atoms with E-state index in [4.69, 9.17) is 0 Å². The molecule has 2 heteroatoms. The van der Waals surface area contributed by atoms with Crippen LogP contribution in [0.2, 0.25) is 0 Å². The molecule has 2 fully saturated rings. The van der Waals surface area contributed by atoms with Crippen LogP contribution >= 0.6 is 0 Å². The van der Waals surface area contributed by atoms with Crippen LogP contribution in [0.1, 0.15) is 84.0 Å². The Hall–Kier alpha value is -0.0800. The third kappa shape index (κ3) is 4.24. The van der Waals surface area contributed by atoms with E-state index >= 15 is 0 Å². The van der Waals surface area contributed by atoms with Gasteiger partial charge in [-0.1, -0.05) is 51.9 Å². The molecule has 106 valence electrons. The summed E-state index contributed by atoms with van der Waals surface area (Å²) < 4.78 is 0. The fraction of sp³-hybridized carbons (Fsp3) is 1.00. The van der Waals surface area contributed by atoms with Gasteiger partial charge in [0.1, 0.15) is 0 Å². The number of nitrogens with one attached hydrogen (secondary N) is 1. The number of aliphatic hydroxyl groups is 1. The fourth-order valence-corrected chi connectivity index (χ4v) is 3.87. The summed E-state index contributed by atoms with van der Waals surface area (Å²) in [5, 5.41) is 14.4. The number of piperidine rings is 2. The molecule has 2 unspecified atom stereocenters. The Morgan fingerprint density at radius 2 is 1.61 bits per heavy atom. The summed E-state index contributed by atoms with van der Waals surface area (Å²) in [7, 11) is 0. The summed E-state index contributed by atoms with van der Waals surface area (Å²) in [5.41, 5.74) is -0.342. The molecule has 2 heterocycles. The van der Waals surface area contributed by atoms with E-state index in [1.54, 1.807) is 0 Å². The Morgan fingerprint density at radius 1 is 1.00 bits per heavy atom. The molecule has 0 aromatic carbocycles. The smallest absolute Gasteiger partial charge is 0.0677 e. The highest BCUT2D eigenvalue weighted by Gasteiger charge is 2.39. The second kappa shape index (κ2) is 6.91. The van der Waals surface area contributed by atoms with Gasteiger partial charge in [0.2, 0.25) is 0 Å². The van der Waals surface area contributed by atoms with Crippen LogP contribution in [0.4, 0.5) is 0 Å². The third-order valence-electron chi connectivity index (χ3n) is 4.82. The maximum absolute atomic E-state index is 10.7. The average molecular weight is 253 g/mol. The van der Waals surface area contributed by atoms with Crippen LogP contribution in [-0.2, 0) is 0 Å². The zero-order chi connectivity index (χ0) is 12.8. The first kappa shape index (κ1) is 14.3. The van der Waals surface area contributed by atoms with E-state index < -0.39 is 0 Å². The monoisotopic (exact) mass is 253 g/mol. The Labute approximate surface area is 113 Å². The highest BCUT2D eigenvalue weighted by atomic mass is 16.3. The summed E-state index contributed by atoms with van der Waals surface area (Å²) in [4.78, 5) is 0. The minimum atomic E-state index is -0.342. The van der Waals surface area contributed by atoms with Crippen molar-refractivity contribution in [2.45, 2.75) is 102 Å². The molecular formula is C16H31NO. The van der Waals surface area contributed by atoms with Crippen LogP contribution in [0.25, 0.3) is 0 Å². The van der Waals surface area contributed by atoms with Gasteiger partial charge in [-0.25, -0.2) is 0 Å². The molecule has 2 atom stereocenters. The molecule has 2 bridgehead atoms. The van der Waals surface area contributed by atoms with Crippen molar-refractivity contribution in [1.82, 2.24) is 5.32 Å². The molecule has 18 heavy (non-hydrogen) atoms. The van der Waals surface area contributed by atoms with E-state index in [-0.39, 0.29) is 5.60 Å². The Balaban J connectivity index is 1.65. The Bertz CT molecular complexity index is 229. The zero-order valence-corrected chi connectivity index (χ0v) is 12.1. The van der Waals surface area contributed by atoms with Crippen molar-refractivity contribution >= 4 is 0 Å².